The molecule has 1 amide bonds. The van der Waals surface area contributed by atoms with E-state index in [0.717, 1.165) is 0 Å². The van der Waals surface area contributed by atoms with Crippen LogP contribution in [0.15, 0.2) is 24.3 Å². The first kappa shape index (κ1) is 21.7. The normalized spacial score (nSPS) is 12.4. The van der Waals surface area contributed by atoms with Crippen molar-refractivity contribution in [2.45, 2.75) is 30.2 Å². The third-order valence-electron chi connectivity index (χ3n) is 2.84. The molecular weight excluding hydrogens is 411 g/mol. The largest absolute Gasteiger partial charge is 0.339 e. The van der Waals surface area contributed by atoms with Gasteiger partial charge in [-0.25, -0.2) is 0 Å². The fraction of sp³-hybridized carbons (Fsp3) is 0.429. The van der Waals surface area contributed by atoms with Crippen LogP contribution in [0.25, 0.3) is 0 Å². The molecule has 25 heavy (non-hydrogen) atoms. The van der Waals surface area contributed by atoms with Crippen molar-refractivity contribution < 1.29 is 9.72 Å². The molecule has 0 bridgehead atoms. The van der Waals surface area contributed by atoms with Gasteiger partial charge >= 0.3 is 0 Å². The zero-order chi connectivity index (χ0) is 19.2. The number of thiocarbonyl (C=S) groups is 1. The molecule has 3 N–H and O–H groups in total. The van der Waals surface area contributed by atoms with E-state index in [1.54, 1.807) is 0 Å². The number of carbonyl (C=O) groups is 1. The number of alkyl halides is 3. The second-order valence-corrected chi connectivity index (χ2v) is 8.32. The van der Waals surface area contributed by atoms with E-state index in [1.807, 2.05) is 13.8 Å². The monoisotopic (exact) mass is 426 g/mol. The molecule has 0 spiro atoms. The third-order valence-corrected chi connectivity index (χ3v) is 3.71. The maximum absolute atomic E-state index is 11.9. The summed E-state index contributed by atoms with van der Waals surface area (Å²) in [7, 11) is 0. The summed E-state index contributed by atoms with van der Waals surface area (Å²) in [6.45, 7) is 3.77. The molecule has 0 aliphatic heterocycles. The molecule has 1 aromatic rings. The van der Waals surface area contributed by atoms with Crippen molar-refractivity contribution in [1.82, 2.24) is 10.6 Å². The molecular formula is C14H17Cl3N4O3S. The number of nitrogens with one attached hydrogen (secondary N) is 3. The summed E-state index contributed by atoms with van der Waals surface area (Å²) in [5.74, 6) is -0.154. The van der Waals surface area contributed by atoms with Gasteiger partial charge in [-0.05, 0) is 30.3 Å². The van der Waals surface area contributed by atoms with Crippen molar-refractivity contribution in [1.29, 1.82) is 0 Å². The highest BCUT2D eigenvalue weighted by Gasteiger charge is 2.34. The van der Waals surface area contributed by atoms with Crippen LogP contribution in [0.5, 0.6) is 0 Å². The average molecular weight is 428 g/mol. The standard InChI is InChI=1S/C14H17Cl3N4O3S/c1-8(2)7-11(22)19-12(14(15,16)17)20-13(25)18-9-3-5-10(6-4-9)21(23)24/h3-6,8,12H,7H2,1-2H3,(H,19,22)(H2,18,20,25). The van der Waals surface area contributed by atoms with E-state index in [4.69, 9.17) is 47.0 Å². The van der Waals surface area contributed by atoms with Gasteiger partial charge in [-0.15, -0.1) is 0 Å². The van der Waals surface area contributed by atoms with E-state index in [-0.39, 0.29) is 29.0 Å². The smallest absolute Gasteiger partial charge is 0.269 e. The molecule has 0 aliphatic carbocycles. The summed E-state index contributed by atoms with van der Waals surface area (Å²) in [6, 6.07) is 5.60. The van der Waals surface area contributed by atoms with Gasteiger partial charge in [0.2, 0.25) is 9.70 Å². The van der Waals surface area contributed by atoms with Crippen molar-refractivity contribution >= 4 is 69.4 Å². The number of anilines is 1. The summed E-state index contributed by atoms with van der Waals surface area (Å²) < 4.78 is -1.84. The zero-order valence-corrected chi connectivity index (χ0v) is 16.5. The van der Waals surface area contributed by atoms with Gasteiger partial charge < -0.3 is 16.0 Å². The van der Waals surface area contributed by atoms with E-state index in [0.29, 0.717) is 5.69 Å². The maximum atomic E-state index is 11.9. The molecule has 0 aliphatic rings. The van der Waals surface area contributed by atoms with E-state index < -0.39 is 14.9 Å². The molecule has 138 valence electrons. The van der Waals surface area contributed by atoms with Crippen molar-refractivity contribution in [3.8, 4) is 0 Å². The Kier molecular flexibility index (Phi) is 8.14. The second kappa shape index (κ2) is 9.38. The number of amides is 1. The minimum Gasteiger partial charge on any atom is -0.339 e. The first-order valence-corrected chi connectivity index (χ1v) is 8.71. The molecule has 0 aromatic heterocycles. The van der Waals surface area contributed by atoms with E-state index in [9.17, 15) is 14.9 Å². The van der Waals surface area contributed by atoms with Crippen LogP contribution < -0.4 is 16.0 Å². The lowest BCUT2D eigenvalue weighted by Gasteiger charge is -2.28. The Morgan fingerprint density at radius 1 is 1.24 bits per heavy atom. The number of benzene rings is 1. The number of carbonyl (C=O) groups excluding carboxylic acids is 1. The second-order valence-electron chi connectivity index (χ2n) is 5.54. The minimum absolute atomic E-state index is 0.0513. The predicted octanol–water partition coefficient (Wildman–Crippen LogP) is 3.74. The van der Waals surface area contributed by atoms with Gasteiger partial charge in [0.15, 0.2) is 5.11 Å². The number of non-ortho nitro benzene ring substituents is 1. The van der Waals surface area contributed by atoms with Crippen molar-refractivity contribution in [2.24, 2.45) is 5.92 Å². The van der Waals surface area contributed by atoms with Crippen molar-refractivity contribution in [2.75, 3.05) is 5.32 Å². The lowest BCUT2D eigenvalue weighted by molar-refractivity contribution is -0.384. The number of nitrogens with zero attached hydrogens (tertiary/aromatic N) is 1. The van der Waals surface area contributed by atoms with Crippen LogP contribution in [0.4, 0.5) is 11.4 Å². The summed E-state index contributed by atoms with van der Waals surface area (Å²) in [5.41, 5.74) is 0.448. The highest BCUT2D eigenvalue weighted by Crippen LogP contribution is 2.29. The number of nitro benzene ring substituents is 1. The average Bonchev–Trinajstić information content (AvgIpc) is 2.45. The number of halogens is 3. The first-order chi connectivity index (χ1) is 11.5. The van der Waals surface area contributed by atoms with Crippen LogP contribution in [-0.2, 0) is 4.79 Å². The van der Waals surface area contributed by atoms with E-state index >= 15 is 0 Å². The van der Waals surface area contributed by atoms with Crippen LogP contribution in [0.3, 0.4) is 0 Å². The maximum Gasteiger partial charge on any atom is 0.269 e. The Bertz CT molecular complexity index is 635. The van der Waals surface area contributed by atoms with Crippen LogP contribution >= 0.6 is 47.0 Å². The fourth-order valence-electron chi connectivity index (χ4n) is 1.76. The molecule has 0 heterocycles. The van der Waals surface area contributed by atoms with Gasteiger partial charge in [-0.3, -0.25) is 14.9 Å². The Hall–Kier alpha value is -1.35. The van der Waals surface area contributed by atoms with Crippen LogP contribution in [0.1, 0.15) is 20.3 Å². The van der Waals surface area contributed by atoms with Gasteiger partial charge in [0, 0.05) is 24.2 Å². The number of rotatable bonds is 6. The molecule has 0 radical (unpaired) electrons. The van der Waals surface area contributed by atoms with E-state index in [2.05, 4.69) is 16.0 Å². The summed E-state index contributed by atoms with van der Waals surface area (Å²) in [6.07, 6.45) is -0.789. The minimum atomic E-state index is -1.84. The topological polar surface area (TPSA) is 96.3 Å². The number of nitro groups is 1. The molecule has 11 heteroatoms. The first-order valence-electron chi connectivity index (χ1n) is 7.17. The molecule has 0 saturated carbocycles. The molecule has 1 rings (SSSR count). The van der Waals surface area contributed by atoms with E-state index in [1.165, 1.54) is 24.3 Å². The quantitative estimate of drug-likeness (QED) is 0.210. The highest BCUT2D eigenvalue weighted by atomic mass is 35.6. The number of hydrogen-bond donors (Lipinski definition) is 3. The lowest BCUT2D eigenvalue weighted by atomic mass is 10.1. The zero-order valence-electron chi connectivity index (χ0n) is 13.4. The SMILES string of the molecule is CC(C)CC(=O)NC(NC(=S)Nc1ccc([N+](=O)[O-])cc1)C(Cl)(Cl)Cl. The summed E-state index contributed by atoms with van der Waals surface area (Å²) >= 11 is 22.7. The van der Waals surface area contributed by atoms with Crippen molar-refractivity contribution in [3.05, 3.63) is 34.4 Å². The third kappa shape index (κ3) is 8.04. The fourth-order valence-corrected chi connectivity index (χ4v) is 2.32. The molecule has 0 fully saturated rings. The van der Waals surface area contributed by atoms with Gasteiger partial charge in [0.25, 0.3) is 5.69 Å². The Balaban J connectivity index is 2.71. The molecule has 1 atom stereocenters. The lowest BCUT2D eigenvalue weighted by Crippen LogP contribution is -2.56. The van der Waals surface area contributed by atoms with Gasteiger partial charge in [0.05, 0.1) is 4.92 Å². The van der Waals surface area contributed by atoms with Crippen LogP contribution in [-0.4, -0.2) is 25.9 Å². The molecule has 1 aromatic carbocycles. The number of hydrogen-bond acceptors (Lipinski definition) is 4. The molecule has 1 unspecified atom stereocenters. The van der Waals surface area contributed by atoms with Crippen LogP contribution in [0.2, 0.25) is 0 Å². The summed E-state index contributed by atoms with van der Waals surface area (Å²) in [5, 5.41) is 18.8. The van der Waals surface area contributed by atoms with Gasteiger partial charge in [-0.2, -0.15) is 0 Å². The Morgan fingerprint density at radius 2 is 1.80 bits per heavy atom. The van der Waals surface area contributed by atoms with Crippen LogP contribution in [0, 0.1) is 16.0 Å². The summed E-state index contributed by atoms with van der Waals surface area (Å²) in [4.78, 5) is 22.0. The van der Waals surface area contributed by atoms with Gasteiger partial charge in [-0.1, -0.05) is 48.7 Å². The highest BCUT2D eigenvalue weighted by molar-refractivity contribution is 7.80. The van der Waals surface area contributed by atoms with Crippen molar-refractivity contribution in [3.63, 3.8) is 0 Å². The van der Waals surface area contributed by atoms with Gasteiger partial charge in [0.1, 0.15) is 6.17 Å². The molecule has 7 nitrogen and oxygen atoms in total. The Labute approximate surface area is 165 Å². The predicted molar refractivity (Wildman–Crippen MR) is 104 cm³/mol. The Morgan fingerprint density at radius 3 is 2.24 bits per heavy atom. The molecule has 0 saturated heterocycles.